The number of fused-ring (bicyclic) bond motifs is 1. The smallest absolute Gasteiger partial charge is 0.191 e. The monoisotopic (exact) mass is 561 g/mol. The molecule has 1 heterocycles. The summed E-state index contributed by atoms with van der Waals surface area (Å²) in [7, 11) is 3.63. The minimum absolute atomic E-state index is 0. The van der Waals surface area contributed by atoms with Gasteiger partial charge in [-0.2, -0.15) is 0 Å². The Morgan fingerprint density at radius 1 is 1.06 bits per heavy atom. The molecule has 0 bridgehead atoms. The number of para-hydroxylation sites is 2. The molecule has 0 saturated heterocycles. The molecule has 1 fully saturated rings. The lowest BCUT2D eigenvalue weighted by Crippen LogP contribution is -2.43. The molecule has 1 aliphatic rings. The van der Waals surface area contributed by atoms with Gasteiger partial charge >= 0.3 is 0 Å². The Kier molecular flexibility index (Phi) is 9.55. The van der Waals surface area contributed by atoms with E-state index in [0.717, 1.165) is 44.1 Å². The van der Waals surface area contributed by atoms with Crippen molar-refractivity contribution in [2.24, 2.45) is 10.4 Å². The summed E-state index contributed by atoms with van der Waals surface area (Å²) in [4.78, 5) is 8.91. The van der Waals surface area contributed by atoms with Crippen LogP contribution in [0, 0.1) is 5.41 Å². The normalized spacial score (nSPS) is 15.4. The first kappa shape index (κ1) is 25.5. The van der Waals surface area contributed by atoms with Crippen molar-refractivity contribution in [1.29, 1.82) is 0 Å². The summed E-state index contributed by atoms with van der Waals surface area (Å²) < 4.78 is 7.54. The van der Waals surface area contributed by atoms with Crippen LogP contribution in [0.25, 0.3) is 11.0 Å². The summed E-state index contributed by atoms with van der Waals surface area (Å²) in [5.41, 5.74) is 5.04. The van der Waals surface area contributed by atoms with Crippen LogP contribution in [0.4, 0.5) is 0 Å². The largest absolute Gasteiger partial charge is 0.385 e. The molecule has 0 atom stereocenters. The van der Waals surface area contributed by atoms with Gasteiger partial charge in [-0.25, -0.2) is 4.98 Å². The summed E-state index contributed by atoms with van der Waals surface area (Å²) >= 11 is 0. The van der Waals surface area contributed by atoms with E-state index in [1.54, 1.807) is 7.11 Å². The van der Waals surface area contributed by atoms with E-state index in [0.29, 0.717) is 5.41 Å². The molecule has 2 N–H and O–H groups in total. The van der Waals surface area contributed by atoms with Crippen LogP contribution in [-0.2, 0) is 17.8 Å². The molecule has 1 saturated carbocycles. The number of hydrogen-bond donors (Lipinski definition) is 2. The number of aliphatic imine (C=N–C) groups is 1. The first-order chi connectivity index (χ1) is 15.7. The van der Waals surface area contributed by atoms with Gasteiger partial charge in [0.1, 0.15) is 0 Å². The lowest BCUT2D eigenvalue weighted by molar-refractivity contribution is 0.138. The predicted octanol–water partition coefficient (Wildman–Crippen LogP) is 4.96. The average Bonchev–Trinajstić information content (AvgIpc) is 3.47. The zero-order valence-electron chi connectivity index (χ0n) is 19.7. The molecule has 0 radical (unpaired) electrons. The van der Waals surface area contributed by atoms with E-state index in [4.69, 9.17) is 4.74 Å². The van der Waals surface area contributed by atoms with Crippen molar-refractivity contribution in [2.45, 2.75) is 45.2 Å². The zero-order chi connectivity index (χ0) is 22.2. The number of halogens is 1. The standard InChI is InChI=1S/C26H35N5O.HI/c1-27-25(29-19-26(15-16-32-2)13-5-6-14-26)28-17-21-9-11-22(12-10-21)18-31-20-30-23-7-3-4-8-24(23)31;/h3-4,7-12,20H,5-6,13-19H2,1-2H3,(H2,27,28,29);1H. The van der Waals surface area contributed by atoms with Gasteiger partial charge < -0.3 is 19.9 Å². The molecule has 0 aliphatic heterocycles. The van der Waals surface area contributed by atoms with Gasteiger partial charge in [0.15, 0.2) is 5.96 Å². The highest BCUT2D eigenvalue weighted by molar-refractivity contribution is 14.0. The highest BCUT2D eigenvalue weighted by Crippen LogP contribution is 2.40. The third kappa shape index (κ3) is 6.69. The Morgan fingerprint density at radius 3 is 2.52 bits per heavy atom. The number of ether oxygens (including phenoxy) is 1. The quantitative estimate of drug-likeness (QED) is 0.220. The lowest BCUT2D eigenvalue weighted by atomic mass is 9.83. The Balaban J connectivity index is 0.00000306. The number of rotatable bonds is 9. The fourth-order valence-corrected chi connectivity index (χ4v) is 4.73. The molecule has 0 amide bonds. The van der Waals surface area contributed by atoms with E-state index < -0.39 is 0 Å². The van der Waals surface area contributed by atoms with E-state index >= 15 is 0 Å². The van der Waals surface area contributed by atoms with E-state index in [1.165, 1.54) is 42.3 Å². The number of imidazole rings is 1. The summed E-state index contributed by atoms with van der Waals surface area (Å²) in [5.74, 6) is 0.864. The van der Waals surface area contributed by atoms with Crippen molar-refractivity contribution in [3.8, 4) is 0 Å². The van der Waals surface area contributed by atoms with Crippen LogP contribution >= 0.6 is 24.0 Å². The van der Waals surface area contributed by atoms with Gasteiger partial charge in [0.05, 0.1) is 17.4 Å². The highest BCUT2D eigenvalue weighted by atomic mass is 127. The van der Waals surface area contributed by atoms with E-state index in [9.17, 15) is 0 Å². The van der Waals surface area contributed by atoms with Crippen LogP contribution in [0.5, 0.6) is 0 Å². The number of nitrogens with one attached hydrogen (secondary N) is 2. The molecular weight excluding hydrogens is 525 g/mol. The maximum atomic E-state index is 5.35. The zero-order valence-corrected chi connectivity index (χ0v) is 22.0. The number of guanidine groups is 1. The molecule has 1 aliphatic carbocycles. The van der Waals surface area contributed by atoms with Crippen molar-refractivity contribution in [3.05, 3.63) is 66.0 Å². The summed E-state index contributed by atoms with van der Waals surface area (Å²) in [5, 5.41) is 7.03. The summed E-state index contributed by atoms with van der Waals surface area (Å²) in [6.07, 6.45) is 8.21. The molecule has 0 spiro atoms. The third-order valence-corrected chi connectivity index (χ3v) is 6.72. The average molecular weight is 562 g/mol. The van der Waals surface area contributed by atoms with Crippen molar-refractivity contribution >= 4 is 41.0 Å². The first-order valence-electron chi connectivity index (χ1n) is 11.6. The molecule has 33 heavy (non-hydrogen) atoms. The molecule has 2 aromatic carbocycles. The topological polar surface area (TPSA) is 63.5 Å². The predicted molar refractivity (Wildman–Crippen MR) is 146 cm³/mol. The fourth-order valence-electron chi connectivity index (χ4n) is 4.73. The molecule has 1 aromatic heterocycles. The SMILES string of the molecule is CN=C(NCc1ccc(Cn2cnc3ccccc32)cc1)NCC1(CCOC)CCCC1.I. The van der Waals surface area contributed by atoms with Crippen molar-refractivity contribution in [3.63, 3.8) is 0 Å². The minimum Gasteiger partial charge on any atom is -0.385 e. The summed E-state index contributed by atoms with van der Waals surface area (Å²) in [6.45, 7) is 3.35. The number of methoxy groups -OCH3 is 1. The van der Waals surface area contributed by atoms with Gasteiger partial charge in [-0.05, 0) is 47.9 Å². The summed E-state index contributed by atoms with van der Waals surface area (Å²) in [6, 6.07) is 17.0. The molecule has 7 heteroatoms. The Hall–Kier alpha value is -2.13. The number of hydrogen-bond acceptors (Lipinski definition) is 3. The van der Waals surface area contributed by atoms with Crippen LogP contribution < -0.4 is 10.6 Å². The second-order valence-electron chi connectivity index (χ2n) is 8.91. The molecule has 4 rings (SSSR count). The maximum absolute atomic E-state index is 5.35. The molecular formula is C26H36IN5O. The number of nitrogens with zero attached hydrogens (tertiary/aromatic N) is 3. The van der Waals surface area contributed by atoms with Gasteiger partial charge in [-0.1, -0.05) is 49.2 Å². The van der Waals surface area contributed by atoms with Crippen LogP contribution in [0.15, 0.2) is 59.9 Å². The highest BCUT2D eigenvalue weighted by Gasteiger charge is 2.33. The second kappa shape index (κ2) is 12.4. The first-order valence-corrected chi connectivity index (χ1v) is 11.6. The van der Waals surface area contributed by atoms with Gasteiger partial charge in [0, 0.05) is 40.4 Å². The van der Waals surface area contributed by atoms with Crippen molar-refractivity contribution < 1.29 is 4.74 Å². The second-order valence-corrected chi connectivity index (χ2v) is 8.91. The van der Waals surface area contributed by atoms with Crippen molar-refractivity contribution in [1.82, 2.24) is 20.2 Å². The van der Waals surface area contributed by atoms with E-state index in [2.05, 4.69) is 61.6 Å². The number of aromatic nitrogens is 2. The van der Waals surface area contributed by atoms with Crippen LogP contribution in [0.3, 0.4) is 0 Å². The maximum Gasteiger partial charge on any atom is 0.191 e. The third-order valence-electron chi connectivity index (χ3n) is 6.72. The molecule has 3 aromatic rings. The fraction of sp³-hybridized carbons (Fsp3) is 0.462. The molecule has 6 nitrogen and oxygen atoms in total. The Morgan fingerprint density at radius 2 is 1.79 bits per heavy atom. The van der Waals surface area contributed by atoms with Crippen LogP contribution in [0.2, 0.25) is 0 Å². The molecule has 0 unspecified atom stereocenters. The van der Waals surface area contributed by atoms with Crippen molar-refractivity contribution in [2.75, 3.05) is 27.3 Å². The number of benzene rings is 2. The van der Waals surface area contributed by atoms with Gasteiger partial charge in [-0.3, -0.25) is 4.99 Å². The Labute approximate surface area is 214 Å². The van der Waals surface area contributed by atoms with E-state index in [1.807, 2.05) is 25.5 Å². The lowest BCUT2D eigenvalue weighted by Gasteiger charge is -2.30. The Bertz CT molecular complexity index is 1020. The molecule has 178 valence electrons. The van der Waals surface area contributed by atoms with Crippen LogP contribution in [-0.4, -0.2) is 42.8 Å². The van der Waals surface area contributed by atoms with E-state index in [-0.39, 0.29) is 24.0 Å². The van der Waals surface area contributed by atoms with Gasteiger partial charge in [0.25, 0.3) is 0 Å². The van der Waals surface area contributed by atoms with Crippen LogP contribution in [0.1, 0.15) is 43.2 Å². The van der Waals surface area contributed by atoms with Gasteiger partial charge in [0.2, 0.25) is 0 Å². The van der Waals surface area contributed by atoms with Gasteiger partial charge in [-0.15, -0.1) is 24.0 Å². The minimum atomic E-state index is 0.